The zero-order chi connectivity index (χ0) is 18.9. The van der Waals surface area contributed by atoms with Crippen LogP contribution in [0.25, 0.3) is 0 Å². The maximum absolute atomic E-state index is 12.9. The van der Waals surface area contributed by atoms with E-state index in [4.69, 9.17) is 0 Å². The molecule has 0 N–H and O–H groups in total. The number of fused-ring (bicyclic) bond motifs is 1. The van der Waals surface area contributed by atoms with E-state index in [1.165, 1.54) is 6.92 Å². The van der Waals surface area contributed by atoms with Crippen molar-refractivity contribution in [3.8, 4) is 0 Å². The highest BCUT2D eigenvalue weighted by Crippen LogP contribution is 2.31. The van der Waals surface area contributed by atoms with E-state index in [1.54, 1.807) is 34.9 Å². The lowest BCUT2D eigenvalue weighted by Gasteiger charge is -2.27. The highest BCUT2D eigenvalue weighted by molar-refractivity contribution is 7.92. The second-order valence-corrected chi connectivity index (χ2v) is 9.58. The Morgan fingerprint density at radius 1 is 1.12 bits per heavy atom. The number of amides is 2. The van der Waals surface area contributed by atoms with E-state index in [9.17, 15) is 18.0 Å². The highest BCUT2D eigenvalue weighted by atomic mass is 32.2. The third kappa shape index (κ3) is 3.63. The summed E-state index contributed by atoms with van der Waals surface area (Å²) in [6.45, 7) is 5.15. The number of benzene rings is 1. The highest BCUT2D eigenvalue weighted by Gasteiger charge is 2.30. The van der Waals surface area contributed by atoms with Crippen LogP contribution in [0.1, 0.15) is 45.1 Å². The van der Waals surface area contributed by atoms with Crippen LogP contribution in [0, 0.1) is 0 Å². The van der Waals surface area contributed by atoms with Crippen LogP contribution in [0.5, 0.6) is 0 Å². The fraction of sp³-hybridized carbons (Fsp3) is 0.579. The molecule has 1 atom stereocenters. The quantitative estimate of drug-likeness (QED) is 0.805. The van der Waals surface area contributed by atoms with Gasteiger partial charge in [0.1, 0.15) is 0 Å². The molecule has 1 saturated heterocycles. The minimum atomic E-state index is -3.58. The second kappa shape index (κ2) is 7.39. The zero-order valence-electron chi connectivity index (χ0n) is 15.4. The Kier molecular flexibility index (Phi) is 5.37. The second-order valence-electron chi connectivity index (χ2n) is 7.21. The smallest absolute Gasteiger partial charge is 0.223 e. The summed E-state index contributed by atoms with van der Waals surface area (Å²) >= 11 is 0. The lowest BCUT2D eigenvalue weighted by molar-refractivity contribution is -0.132. The number of hydrogen-bond acceptors (Lipinski definition) is 4. The van der Waals surface area contributed by atoms with Gasteiger partial charge in [-0.05, 0) is 56.4 Å². The van der Waals surface area contributed by atoms with Gasteiger partial charge in [-0.2, -0.15) is 0 Å². The zero-order valence-corrected chi connectivity index (χ0v) is 16.2. The molecular weight excluding hydrogens is 352 g/mol. The molecular formula is C19H26N2O4S. The fourth-order valence-corrected chi connectivity index (χ4v) is 5.13. The topological polar surface area (TPSA) is 74.8 Å². The van der Waals surface area contributed by atoms with Crippen LogP contribution < -0.4 is 4.90 Å². The van der Waals surface area contributed by atoms with Gasteiger partial charge in [0.15, 0.2) is 9.84 Å². The standard InChI is InChI=1S/C19H26N2O4S/c1-14(12-19(23)20-9-4-3-5-10-20)26(24,25)17-6-7-18-16(13-17)8-11-21(18)15(2)22/h6-7,13-14H,3-5,8-12H2,1-2H3/t14-/m1/s1. The molecule has 0 unspecified atom stereocenters. The van der Waals surface area contributed by atoms with Crippen LogP contribution in [0.3, 0.4) is 0 Å². The molecule has 0 aliphatic carbocycles. The molecule has 2 heterocycles. The third-order valence-corrected chi connectivity index (χ3v) is 7.49. The molecule has 0 bridgehead atoms. The van der Waals surface area contributed by atoms with Crippen molar-refractivity contribution < 1.29 is 18.0 Å². The molecule has 2 aliphatic heterocycles. The Morgan fingerprint density at radius 3 is 2.46 bits per heavy atom. The first-order valence-corrected chi connectivity index (χ1v) is 10.8. The van der Waals surface area contributed by atoms with Gasteiger partial charge in [0.2, 0.25) is 11.8 Å². The molecule has 0 saturated carbocycles. The largest absolute Gasteiger partial charge is 0.343 e. The van der Waals surface area contributed by atoms with Crippen LogP contribution in [0.2, 0.25) is 0 Å². The fourth-order valence-electron chi connectivity index (χ4n) is 3.74. The van der Waals surface area contributed by atoms with Crippen LogP contribution in [0.15, 0.2) is 23.1 Å². The molecule has 0 aromatic heterocycles. The van der Waals surface area contributed by atoms with E-state index in [-0.39, 0.29) is 23.1 Å². The molecule has 1 fully saturated rings. The lowest BCUT2D eigenvalue weighted by atomic mass is 10.1. The van der Waals surface area contributed by atoms with Crippen LogP contribution >= 0.6 is 0 Å². The van der Waals surface area contributed by atoms with E-state index >= 15 is 0 Å². The summed E-state index contributed by atoms with van der Waals surface area (Å²) in [7, 11) is -3.58. The van der Waals surface area contributed by atoms with E-state index in [1.807, 2.05) is 0 Å². The number of sulfone groups is 1. The molecule has 3 rings (SSSR count). The van der Waals surface area contributed by atoms with Gasteiger partial charge in [0.25, 0.3) is 0 Å². The van der Waals surface area contributed by atoms with Gasteiger partial charge in [-0.25, -0.2) is 8.42 Å². The molecule has 142 valence electrons. The number of carbonyl (C=O) groups excluding carboxylic acids is 2. The summed E-state index contributed by atoms with van der Waals surface area (Å²) in [5.41, 5.74) is 1.66. The van der Waals surface area contributed by atoms with Crippen molar-refractivity contribution in [3.05, 3.63) is 23.8 Å². The molecule has 0 radical (unpaired) electrons. The number of anilines is 1. The van der Waals surface area contributed by atoms with Crippen LogP contribution in [-0.2, 0) is 25.8 Å². The number of nitrogens with zero attached hydrogens (tertiary/aromatic N) is 2. The predicted molar refractivity (Wildman–Crippen MR) is 99.9 cm³/mol. The van der Waals surface area contributed by atoms with Crippen molar-refractivity contribution in [1.82, 2.24) is 4.90 Å². The Bertz CT molecular complexity index is 813. The number of carbonyl (C=O) groups is 2. The van der Waals surface area contributed by atoms with Crippen molar-refractivity contribution in [1.29, 1.82) is 0 Å². The van der Waals surface area contributed by atoms with Crippen LogP contribution in [-0.4, -0.2) is 50.0 Å². The Labute approximate surface area is 155 Å². The normalized spacial score (nSPS) is 18.5. The van der Waals surface area contributed by atoms with Gasteiger partial charge in [0.05, 0.1) is 10.1 Å². The maximum atomic E-state index is 12.9. The van der Waals surface area contributed by atoms with E-state index < -0.39 is 15.1 Å². The summed E-state index contributed by atoms with van der Waals surface area (Å²) in [5.74, 6) is -0.121. The van der Waals surface area contributed by atoms with Gasteiger partial charge in [-0.1, -0.05) is 0 Å². The average molecular weight is 378 g/mol. The van der Waals surface area contributed by atoms with E-state index in [0.717, 1.165) is 43.6 Å². The van der Waals surface area contributed by atoms with Gasteiger partial charge in [-0.3, -0.25) is 9.59 Å². The molecule has 7 heteroatoms. The first-order chi connectivity index (χ1) is 12.3. The minimum absolute atomic E-state index is 0.0129. The summed E-state index contributed by atoms with van der Waals surface area (Å²) in [6.07, 6.45) is 3.77. The molecule has 6 nitrogen and oxygen atoms in total. The molecule has 2 aliphatic rings. The number of hydrogen-bond donors (Lipinski definition) is 0. The first kappa shape index (κ1) is 18.9. The third-order valence-electron chi connectivity index (χ3n) is 5.36. The molecule has 1 aromatic rings. The van der Waals surface area contributed by atoms with Gasteiger partial charge >= 0.3 is 0 Å². The Balaban J connectivity index is 1.75. The SMILES string of the molecule is CC(=O)N1CCc2cc(S(=O)(=O)[C@H](C)CC(=O)N3CCCCC3)ccc21. The van der Waals surface area contributed by atoms with E-state index in [2.05, 4.69) is 0 Å². The Hall–Kier alpha value is -1.89. The summed E-state index contributed by atoms with van der Waals surface area (Å²) < 4.78 is 25.8. The predicted octanol–water partition coefficient (Wildman–Crippen LogP) is 2.16. The Morgan fingerprint density at radius 2 is 1.81 bits per heavy atom. The van der Waals surface area contributed by atoms with Crippen LogP contribution in [0.4, 0.5) is 5.69 Å². The number of rotatable bonds is 4. The summed E-state index contributed by atoms with van der Waals surface area (Å²) in [4.78, 5) is 27.7. The van der Waals surface area contributed by atoms with Gasteiger partial charge < -0.3 is 9.80 Å². The van der Waals surface area contributed by atoms with Crippen molar-refractivity contribution in [2.24, 2.45) is 0 Å². The summed E-state index contributed by atoms with van der Waals surface area (Å²) in [6, 6.07) is 4.92. The van der Waals surface area contributed by atoms with Crippen molar-refractivity contribution in [2.45, 2.75) is 56.1 Å². The maximum Gasteiger partial charge on any atom is 0.223 e. The van der Waals surface area contributed by atoms with Gasteiger partial charge in [0, 0.05) is 38.7 Å². The van der Waals surface area contributed by atoms with E-state index in [0.29, 0.717) is 13.0 Å². The molecule has 0 spiro atoms. The monoisotopic (exact) mass is 378 g/mol. The number of likely N-dealkylation sites (tertiary alicyclic amines) is 1. The van der Waals surface area contributed by atoms with Crippen molar-refractivity contribution in [3.63, 3.8) is 0 Å². The molecule has 1 aromatic carbocycles. The van der Waals surface area contributed by atoms with Gasteiger partial charge in [-0.15, -0.1) is 0 Å². The summed E-state index contributed by atoms with van der Waals surface area (Å²) in [5, 5.41) is -0.764. The lowest BCUT2D eigenvalue weighted by Crippen LogP contribution is -2.38. The molecule has 2 amide bonds. The first-order valence-electron chi connectivity index (χ1n) is 9.23. The molecule has 26 heavy (non-hydrogen) atoms. The van der Waals surface area contributed by atoms with Crippen molar-refractivity contribution in [2.75, 3.05) is 24.5 Å². The number of piperidine rings is 1. The average Bonchev–Trinajstić information content (AvgIpc) is 3.05. The minimum Gasteiger partial charge on any atom is -0.343 e. The van der Waals surface area contributed by atoms with Crippen molar-refractivity contribution >= 4 is 27.3 Å².